The molecule has 6 heteroatoms. The SMILES string of the molecule is Nc1ccc(-c2ccccc2)cc1.Nc1ccc(Cl)cc1C(F)(F)F. The zero-order valence-corrected chi connectivity index (χ0v) is 13.9. The smallest absolute Gasteiger partial charge is 0.399 e. The van der Waals surface area contributed by atoms with Crippen LogP contribution in [0.4, 0.5) is 24.5 Å². The van der Waals surface area contributed by atoms with E-state index in [2.05, 4.69) is 12.1 Å². The molecule has 3 aromatic carbocycles. The molecule has 3 aromatic rings. The second-order valence-electron chi connectivity index (χ2n) is 5.22. The van der Waals surface area contributed by atoms with Gasteiger partial charge < -0.3 is 11.5 Å². The number of halogens is 4. The quantitative estimate of drug-likeness (QED) is 0.530. The molecule has 0 bridgehead atoms. The molecule has 3 rings (SSSR count). The van der Waals surface area contributed by atoms with E-state index in [1.165, 1.54) is 17.2 Å². The highest BCUT2D eigenvalue weighted by Gasteiger charge is 2.32. The summed E-state index contributed by atoms with van der Waals surface area (Å²) in [7, 11) is 0. The van der Waals surface area contributed by atoms with Crippen molar-refractivity contribution in [1.29, 1.82) is 0 Å². The van der Waals surface area contributed by atoms with Crippen LogP contribution in [0.5, 0.6) is 0 Å². The molecule has 0 saturated heterocycles. The van der Waals surface area contributed by atoms with E-state index in [-0.39, 0.29) is 10.7 Å². The summed E-state index contributed by atoms with van der Waals surface area (Å²) in [5.41, 5.74) is 12.7. The molecule has 0 spiro atoms. The van der Waals surface area contributed by atoms with Crippen molar-refractivity contribution in [2.24, 2.45) is 0 Å². The van der Waals surface area contributed by atoms with Gasteiger partial charge in [0, 0.05) is 16.4 Å². The van der Waals surface area contributed by atoms with E-state index in [0.717, 1.165) is 17.8 Å². The van der Waals surface area contributed by atoms with Gasteiger partial charge in [-0.3, -0.25) is 0 Å². The van der Waals surface area contributed by atoms with Gasteiger partial charge in [0.1, 0.15) is 0 Å². The van der Waals surface area contributed by atoms with E-state index in [4.69, 9.17) is 23.1 Å². The Bertz CT molecular complexity index is 816. The average Bonchev–Trinajstić information content (AvgIpc) is 2.58. The summed E-state index contributed by atoms with van der Waals surface area (Å²) in [4.78, 5) is 0. The van der Waals surface area contributed by atoms with Gasteiger partial charge >= 0.3 is 6.18 Å². The molecule has 0 unspecified atom stereocenters. The average molecular weight is 365 g/mol. The Hall–Kier alpha value is -2.66. The maximum atomic E-state index is 12.1. The highest BCUT2D eigenvalue weighted by atomic mass is 35.5. The molecular weight excluding hydrogens is 349 g/mol. The van der Waals surface area contributed by atoms with Crippen molar-refractivity contribution in [3.8, 4) is 11.1 Å². The third-order valence-electron chi connectivity index (χ3n) is 3.34. The van der Waals surface area contributed by atoms with Crippen molar-refractivity contribution in [3.63, 3.8) is 0 Å². The molecule has 130 valence electrons. The fraction of sp³-hybridized carbons (Fsp3) is 0.0526. The Kier molecular flexibility index (Phi) is 5.93. The summed E-state index contributed by atoms with van der Waals surface area (Å²) in [5, 5.41) is 0.0246. The number of hydrogen-bond donors (Lipinski definition) is 2. The minimum atomic E-state index is -4.44. The molecule has 0 aliphatic rings. The van der Waals surface area contributed by atoms with Crippen LogP contribution >= 0.6 is 11.6 Å². The van der Waals surface area contributed by atoms with Gasteiger partial charge in [-0.25, -0.2) is 0 Å². The van der Waals surface area contributed by atoms with Crippen molar-refractivity contribution >= 4 is 23.0 Å². The van der Waals surface area contributed by atoms with Crippen LogP contribution in [0.1, 0.15) is 5.56 Å². The Morgan fingerprint density at radius 1 is 0.720 bits per heavy atom. The first kappa shape index (κ1) is 18.7. The van der Waals surface area contributed by atoms with E-state index >= 15 is 0 Å². The van der Waals surface area contributed by atoms with E-state index in [1.54, 1.807) is 0 Å². The number of alkyl halides is 3. The molecule has 0 radical (unpaired) electrons. The van der Waals surface area contributed by atoms with Crippen LogP contribution in [0, 0.1) is 0 Å². The molecular formula is C19H16ClF3N2. The van der Waals surface area contributed by atoms with Crippen molar-refractivity contribution in [3.05, 3.63) is 83.4 Å². The van der Waals surface area contributed by atoms with Gasteiger partial charge in [0.2, 0.25) is 0 Å². The normalized spacial score (nSPS) is 10.7. The number of rotatable bonds is 1. The molecule has 0 heterocycles. The highest BCUT2D eigenvalue weighted by Crippen LogP contribution is 2.34. The topological polar surface area (TPSA) is 52.0 Å². The first-order chi connectivity index (χ1) is 11.8. The predicted octanol–water partition coefficient (Wildman–Crippen LogP) is 5.88. The monoisotopic (exact) mass is 364 g/mol. The molecule has 25 heavy (non-hydrogen) atoms. The summed E-state index contributed by atoms with van der Waals surface area (Å²) in [6.07, 6.45) is -4.44. The lowest BCUT2D eigenvalue weighted by Crippen LogP contribution is -2.08. The summed E-state index contributed by atoms with van der Waals surface area (Å²) >= 11 is 5.37. The second-order valence-corrected chi connectivity index (χ2v) is 5.65. The van der Waals surface area contributed by atoms with Crippen LogP contribution in [0.2, 0.25) is 5.02 Å². The van der Waals surface area contributed by atoms with Crippen LogP contribution < -0.4 is 11.5 Å². The summed E-state index contributed by atoms with van der Waals surface area (Å²) in [6.45, 7) is 0. The van der Waals surface area contributed by atoms with Gasteiger partial charge in [-0.05, 0) is 41.5 Å². The number of nitrogen functional groups attached to an aromatic ring is 2. The summed E-state index contributed by atoms with van der Waals surface area (Å²) in [6, 6.07) is 21.4. The predicted molar refractivity (Wildman–Crippen MR) is 97.2 cm³/mol. The van der Waals surface area contributed by atoms with Crippen molar-refractivity contribution in [2.75, 3.05) is 11.5 Å². The summed E-state index contributed by atoms with van der Waals surface area (Å²) in [5.74, 6) is 0. The van der Waals surface area contributed by atoms with Gasteiger partial charge in [0.25, 0.3) is 0 Å². The van der Waals surface area contributed by atoms with Gasteiger partial charge in [-0.15, -0.1) is 0 Å². The maximum Gasteiger partial charge on any atom is 0.418 e. The zero-order valence-electron chi connectivity index (χ0n) is 13.1. The minimum Gasteiger partial charge on any atom is -0.399 e. The molecule has 0 amide bonds. The molecule has 0 saturated carbocycles. The molecule has 0 aliphatic carbocycles. The molecule has 0 aromatic heterocycles. The van der Waals surface area contributed by atoms with Crippen LogP contribution in [0.3, 0.4) is 0 Å². The Morgan fingerprint density at radius 3 is 1.80 bits per heavy atom. The van der Waals surface area contributed by atoms with Gasteiger partial charge in [-0.2, -0.15) is 13.2 Å². The highest BCUT2D eigenvalue weighted by molar-refractivity contribution is 6.30. The molecule has 0 fully saturated rings. The fourth-order valence-corrected chi connectivity index (χ4v) is 2.25. The van der Waals surface area contributed by atoms with Crippen LogP contribution in [0.25, 0.3) is 11.1 Å². The van der Waals surface area contributed by atoms with Gasteiger partial charge in [0.05, 0.1) is 5.56 Å². The van der Waals surface area contributed by atoms with E-state index in [1.807, 2.05) is 42.5 Å². The van der Waals surface area contributed by atoms with Crippen molar-refractivity contribution in [2.45, 2.75) is 6.18 Å². The van der Waals surface area contributed by atoms with Crippen LogP contribution in [-0.2, 0) is 6.18 Å². The van der Waals surface area contributed by atoms with Crippen molar-refractivity contribution in [1.82, 2.24) is 0 Å². The first-order valence-electron chi connectivity index (χ1n) is 7.30. The molecule has 2 nitrogen and oxygen atoms in total. The number of hydrogen-bond acceptors (Lipinski definition) is 2. The Labute approximate surface area is 148 Å². The van der Waals surface area contributed by atoms with Gasteiger partial charge in [0.15, 0.2) is 0 Å². The second kappa shape index (κ2) is 7.94. The lowest BCUT2D eigenvalue weighted by atomic mass is 10.1. The molecule has 4 N–H and O–H groups in total. The number of nitrogens with two attached hydrogens (primary N) is 2. The van der Waals surface area contributed by atoms with Gasteiger partial charge in [-0.1, -0.05) is 54.1 Å². The lowest BCUT2D eigenvalue weighted by molar-refractivity contribution is -0.136. The third-order valence-corrected chi connectivity index (χ3v) is 3.57. The largest absolute Gasteiger partial charge is 0.418 e. The zero-order chi connectivity index (χ0) is 18.4. The molecule has 0 atom stereocenters. The third kappa shape index (κ3) is 5.43. The fourth-order valence-electron chi connectivity index (χ4n) is 2.08. The van der Waals surface area contributed by atoms with Crippen LogP contribution in [-0.4, -0.2) is 0 Å². The van der Waals surface area contributed by atoms with E-state index in [9.17, 15) is 13.2 Å². The van der Waals surface area contributed by atoms with Crippen LogP contribution in [0.15, 0.2) is 72.8 Å². The maximum absolute atomic E-state index is 12.1. The van der Waals surface area contributed by atoms with Crippen molar-refractivity contribution < 1.29 is 13.2 Å². The van der Waals surface area contributed by atoms with E-state index < -0.39 is 11.7 Å². The standard InChI is InChI=1S/C12H11N.C7H5ClF3N/c13-12-8-6-11(7-9-12)10-4-2-1-3-5-10;8-4-1-2-6(12)5(3-4)7(9,10)11/h1-9H,13H2;1-3H,12H2. The lowest BCUT2D eigenvalue weighted by Gasteiger charge is -2.09. The Morgan fingerprint density at radius 2 is 1.28 bits per heavy atom. The molecule has 0 aliphatic heterocycles. The summed E-state index contributed by atoms with van der Waals surface area (Å²) < 4.78 is 36.3. The number of benzene rings is 3. The minimum absolute atomic E-state index is 0.0246. The first-order valence-corrected chi connectivity index (χ1v) is 7.68. The number of anilines is 2. The Balaban J connectivity index is 0.000000181. The van der Waals surface area contributed by atoms with E-state index in [0.29, 0.717) is 0 Å².